The highest BCUT2D eigenvalue weighted by atomic mass is 16.7. The van der Waals surface area contributed by atoms with Crippen molar-refractivity contribution < 1.29 is 63.7 Å². The van der Waals surface area contributed by atoms with Crippen LogP contribution in [-0.4, -0.2) is 98.9 Å². The molecule has 1 aliphatic heterocycles. The van der Waals surface area contributed by atoms with Crippen LogP contribution in [0.25, 0.3) is 0 Å². The normalized spacial score (nSPS) is 29.8. The zero-order valence-electron chi connectivity index (χ0n) is 27.7. The van der Waals surface area contributed by atoms with E-state index in [9.17, 15) is 44.7 Å². The second-order valence-corrected chi connectivity index (χ2v) is 13.3. The molecule has 2 aromatic rings. The van der Waals surface area contributed by atoms with E-state index in [0.717, 1.165) is 25.7 Å². The van der Waals surface area contributed by atoms with Gasteiger partial charge in [-0.2, -0.15) is 0 Å². The SMILES string of the molecule is COc1cccc2c1C(=O)c1c(O)c3c(c(O)c1C2=O)C[C@@](O)(C(=O)CO)C[C@@H]3OC1C[C@@H](NC(=O)OC2/C=C/CCCCC2)C(O)C(C)O1. The van der Waals surface area contributed by atoms with Crippen molar-refractivity contribution in [3.8, 4) is 17.2 Å². The zero-order valence-corrected chi connectivity index (χ0v) is 27.7. The molecule has 1 heterocycles. The summed E-state index contributed by atoms with van der Waals surface area (Å²) in [5.74, 6) is -3.98. The van der Waals surface area contributed by atoms with Gasteiger partial charge < -0.3 is 49.8 Å². The Labute approximate surface area is 287 Å². The van der Waals surface area contributed by atoms with Gasteiger partial charge in [0.25, 0.3) is 0 Å². The molecule has 3 aliphatic carbocycles. The van der Waals surface area contributed by atoms with Crippen LogP contribution in [0, 0.1) is 0 Å². The molecule has 1 saturated heterocycles. The molecule has 268 valence electrons. The number of benzene rings is 2. The average Bonchev–Trinajstić information content (AvgIpc) is 3.07. The van der Waals surface area contributed by atoms with Gasteiger partial charge in [0.2, 0.25) is 5.78 Å². The number of methoxy groups -OCH3 is 1. The quantitative estimate of drug-likeness (QED) is 0.155. The van der Waals surface area contributed by atoms with Crippen molar-refractivity contribution in [2.75, 3.05) is 13.7 Å². The highest BCUT2D eigenvalue weighted by Gasteiger charge is 2.50. The number of Topliss-reactive ketones (excluding diaryl/α,β-unsaturated/α-hetero) is 1. The molecule has 0 aromatic heterocycles. The number of amides is 1. The van der Waals surface area contributed by atoms with Crippen LogP contribution in [0.2, 0.25) is 0 Å². The highest BCUT2D eigenvalue weighted by molar-refractivity contribution is 6.31. The summed E-state index contributed by atoms with van der Waals surface area (Å²) >= 11 is 0. The molecule has 0 radical (unpaired) electrons. The second kappa shape index (κ2) is 14.1. The summed E-state index contributed by atoms with van der Waals surface area (Å²) in [4.78, 5) is 53.4. The van der Waals surface area contributed by atoms with Gasteiger partial charge in [-0.05, 0) is 44.7 Å². The first-order valence-corrected chi connectivity index (χ1v) is 16.7. The van der Waals surface area contributed by atoms with Crippen molar-refractivity contribution in [2.24, 2.45) is 0 Å². The van der Waals surface area contributed by atoms with Gasteiger partial charge in [-0.3, -0.25) is 14.4 Å². The Hall–Kier alpha value is -4.34. The molecule has 4 aliphatic rings. The molecule has 1 amide bonds. The minimum atomic E-state index is -2.32. The number of aliphatic hydroxyl groups is 3. The number of allylic oxidation sites excluding steroid dienone is 1. The number of hydrogen-bond acceptors (Lipinski definition) is 13. The number of ketones is 3. The summed E-state index contributed by atoms with van der Waals surface area (Å²) in [6.07, 6.45) is 1.13. The number of fused-ring (bicyclic) bond motifs is 3. The number of carbonyl (C=O) groups excluding carboxylic acids is 4. The maximum atomic E-state index is 13.9. The van der Waals surface area contributed by atoms with E-state index in [2.05, 4.69) is 5.32 Å². The van der Waals surface area contributed by atoms with Gasteiger partial charge >= 0.3 is 6.09 Å². The number of nitrogens with one attached hydrogen (secondary N) is 1. The highest BCUT2D eigenvalue weighted by Crippen LogP contribution is 2.52. The molecule has 0 bridgehead atoms. The first-order chi connectivity index (χ1) is 23.9. The van der Waals surface area contributed by atoms with Crippen LogP contribution >= 0.6 is 0 Å². The van der Waals surface area contributed by atoms with Crippen molar-refractivity contribution in [1.29, 1.82) is 0 Å². The maximum Gasteiger partial charge on any atom is 0.408 e. The van der Waals surface area contributed by atoms with Crippen LogP contribution in [0.15, 0.2) is 30.4 Å². The number of aromatic hydroxyl groups is 2. The lowest BCUT2D eigenvalue weighted by Crippen LogP contribution is -2.56. The number of alkyl carbamates (subject to hydrolysis) is 1. The van der Waals surface area contributed by atoms with Crippen molar-refractivity contribution in [1.82, 2.24) is 5.32 Å². The monoisotopic (exact) mass is 695 g/mol. The van der Waals surface area contributed by atoms with Crippen molar-refractivity contribution in [3.05, 3.63) is 63.7 Å². The van der Waals surface area contributed by atoms with Gasteiger partial charge in [0.15, 0.2) is 17.9 Å². The standard InChI is InChI=1S/C36H41NO13/c1-17-30(40)21(37-35(45)49-18-9-6-4-3-5-7-10-18)13-25(48-17)50-23-15-36(46,24(39)16-38)14-20-27(23)34(44)29-28(32(20)42)31(41)19-11-8-12-22(47-2)26(19)33(29)43/h6,8-9,11-12,17-18,21,23,25,30,38,40,42,44,46H,3-5,7,10,13-16H2,1-2H3,(H,37,45)/b9-6+/t17?,18?,21-,23+,25?,30?,36+/m1/s1. The molecule has 14 nitrogen and oxygen atoms in total. The predicted octanol–water partition coefficient (Wildman–Crippen LogP) is 2.66. The third-order valence-corrected chi connectivity index (χ3v) is 10.0. The fourth-order valence-electron chi connectivity index (χ4n) is 7.41. The van der Waals surface area contributed by atoms with Crippen molar-refractivity contribution >= 4 is 23.4 Å². The minimum Gasteiger partial charge on any atom is -0.507 e. The third-order valence-electron chi connectivity index (χ3n) is 10.0. The fourth-order valence-corrected chi connectivity index (χ4v) is 7.41. The summed E-state index contributed by atoms with van der Waals surface area (Å²) < 4.78 is 23.0. The summed E-state index contributed by atoms with van der Waals surface area (Å²) in [5, 5.41) is 58.1. The molecule has 7 atom stereocenters. The summed E-state index contributed by atoms with van der Waals surface area (Å²) in [6.45, 7) is 0.487. The molecule has 50 heavy (non-hydrogen) atoms. The van der Waals surface area contributed by atoms with Gasteiger partial charge in [-0.25, -0.2) is 4.79 Å². The summed E-state index contributed by atoms with van der Waals surface area (Å²) in [7, 11) is 1.31. The molecule has 0 saturated carbocycles. The molecule has 6 rings (SSSR count). The lowest BCUT2D eigenvalue weighted by molar-refractivity contribution is -0.249. The zero-order chi connectivity index (χ0) is 35.9. The van der Waals surface area contributed by atoms with E-state index in [-0.39, 0.29) is 34.4 Å². The predicted molar refractivity (Wildman–Crippen MR) is 173 cm³/mol. The number of hydrogen-bond donors (Lipinski definition) is 6. The topological polar surface area (TPSA) is 218 Å². The van der Waals surface area contributed by atoms with E-state index in [1.165, 1.54) is 25.3 Å². The van der Waals surface area contributed by atoms with E-state index in [1.54, 1.807) is 6.92 Å². The summed E-state index contributed by atoms with van der Waals surface area (Å²) in [5.41, 5.74) is -3.93. The molecule has 2 aromatic carbocycles. The summed E-state index contributed by atoms with van der Waals surface area (Å²) in [6, 6.07) is 3.41. The van der Waals surface area contributed by atoms with Crippen molar-refractivity contribution in [3.63, 3.8) is 0 Å². The Kier molecular flexibility index (Phi) is 10.0. The number of aliphatic hydroxyl groups excluding tert-OH is 2. The molecule has 0 spiro atoms. The third kappa shape index (κ3) is 6.37. The van der Waals surface area contributed by atoms with E-state index >= 15 is 0 Å². The number of rotatable bonds is 7. The number of ether oxygens (including phenoxy) is 4. The number of phenols is 2. The van der Waals surface area contributed by atoms with Crippen LogP contribution in [-0.2, 0) is 25.4 Å². The Morgan fingerprint density at radius 3 is 2.56 bits per heavy atom. The van der Waals surface area contributed by atoms with Crippen LogP contribution < -0.4 is 10.1 Å². The smallest absolute Gasteiger partial charge is 0.408 e. The van der Waals surface area contributed by atoms with Crippen LogP contribution in [0.3, 0.4) is 0 Å². The largest absolute Gasteiger partial charge is 0.507 e. The molecular formula is C36H41NO13. The molecule has 1 fully saturated rings. The first-order valence-electron chi connectivity index (χ1n) is 16.7. The maximum absolute atomic E-state index is 13.9. The molecule has 14 heteroatoms. The van der Waals surface area contributed by atoms with Gasteiger partial charge in [-0.15, -0.1) is 0 Å². The van der Waals surface area contributed by atoms with Gasteiger partial charge in [0.05, 0.1) is 42.0 Å². The Bertz CT molecular complexity index is 1740. The van der Waals surface area contributed by atoms with Crippen LogP contribution in [0.1, 0.15) is 101 Å². The first kappa shape index (κ1) is 35.5. The van der Waals surface area contributed by atoms with E-state index in [4.69, 9.17) is 18.9 Å². The van der Waals surface area contributed by atoms with Gasteiger partial charge in [-0.1, -0.05) is 24.6 Å². The van der Waals surface area contributed by atoms with E-state index in [1.807, 2.05) is 12.2 Å². The Morgan fingerprint density at radius 2 is 1.82 bits per heavy atom. The van der Waals surface area contributed by atoms with Crippen LogP contribution in [0.5, 0.6) is 17.2 Å². The van der Waals surface area contributed by atoms with Crippen LogP contribution in [0.4, 0.5) is 4.79 Å². The number of carbonyl (C=O) groups is 4. The Morgan fingerprint density at radius 1 is 1.06 bits per heavy atom. The van der Waals surface area contributed by atoms with E-state index < -0.39 is 108 Å². The fraction of sp³-hybridized carbons (Fsp3) is 0.500. The molecule has 4 unspecified atom stereocenters. The van der Waals surface area contributed by atoms with Gasteiger partial charge in [0, 0.05) is 36.0 Å². The van der Waals surface area contributed by atoms with Crippen molar-refractivity contribution in [2.45, 2.75) is 101 Å². The Balaban J connectivity index is 1.33. The lowest BCUT2D eigenvalue weighted by Gasteiger charge is -2.42. The van der Waals surface area contributed by atoms with Gasteiger partial charge in [0.1, 0.15) is 41.7 Å². The average molecular weight is 696 g/mol. The molecule has 6 N–H and O–H groups in total. The second-order valence-electron chi connectivity index (χ2n) is 13.3. The van der Waals surface area contributed by atoms with E-state index in [0.29, 0.717) is 6.42 Å². The lowest BCUT2D eigenvalue weighted by atomic mass is 9.72. The molecular weight excluding hydrogens is 654 g/mol. The minimum absolute atomic E-state index is 0.0737. The number of phenolic OH excluding ortho intramolecular Hbond substituents is 2.